The van der Waals surface area contributed by atoms with Gasteiger partial charge in [0.15, 0.2) is 0 Å². The molecule has 0 heterocycles. The van der Waals surface area contributed by atoms with Crippen LogP contribution in [-0.2, 0) is 12.8 Å². The Morgan fingerprint density at radius 2 is 1.04 bits per heavy atom. The van der Waals surface area contributed by atoms with Crippen LogP contribution >= 0.6 is 23.2 Å². The molecule has 0 bridgehead atoms. The van der Waals surface area contributed by atoms with Crippen molar-refractivity contribution in [1.82, 2.24) is 0 Å². The first-order valence-electron chi connectivity index (χ1n) is 11.2. The zero-order valence-corrected chi connectivity index (χ0v) is 18.7. The minimum absolute atomic E-state index is 0.714. The van der Waals surface area contributed by atoms with Crippen molar-refractivity contribution < 1.29 is 0 Å². The van der Waals surface area contributed by atoms with Crippen LogP contribution in [0.3, 0.4) is 0 Å². The number of unbranched alkanes of at least 4 members (excludes halogenated alkanes) is 12. The lowest BCUT2D eigenvalue weighted by molar-refractivity contribution is 0.556. The third kappa shape index (κ3) is 10.2. The van der Waals surface area contributed by atoms with Crippen molar-refractivity contribution in [1.29, 1.82) is 0 Å². The van der Waals surface area contributed by atoms with Gasteiger partial charge in [-0.3, -0.25) is 0 Å². The highest BCUT2D eigenvalue weighted by Gasteiger charge is 2.10. The van der Waals surface area contributed by atoms with Crippen LogP contribution in [0.1, 0.15) is 115 Å². The van der Waals surface area contributed by atoms with E-state index in [4.69, 9.17) is 23.2 Å². The van der Waals surface area contributed by atoms with Gasteiger partial charge in [0.05, 0.1) is 10.0 Å². The number of rotatable bonds is 16. The zero-order valence-electron chi connectivity index (χ0n) is 17.2. The molecule has 150 valence electrons. The summed E-state index contributed by atoms with van der Waals surface area (Å²) in [6, 6.07) is 4.17. The highest BCUT2D eigenvalue weighted by atomic mass is 35.5. The molecule has 0 nitrogen and oxygen atoms in total. The van der Waals surface area contributed by atoms with Gasteiger partial charge in [0.25, 0.3) is 0 Å². The van der Waals surface area contributed by atoms with Gasteiger partial charge < -0.3 is 0 Å². The number of aryl methyl sites for hydroxylation is 1. The fraction of sp³-hybridized carbons (Fsp3) is 0.750. The Morgan fingerprint density at radius 1 is 0.577 bits per heavy atom. The van der Waals surface area contributed by atoms with Gasteiger partial charge in [0.2, 0.25) is 0 Å². The topological polar surface area (TPSA) is 0 Å². The summed E-state index contributed by atoms with van der Waals surface area (Å²) in [5, 5.41) is 1.52. The number of hydrogen-bond acceptors (Lipinski definition) is 0. The Labute approximate surface area is 173 Å². The van der Waals surface area contributed by atoms with Gasteiger partial charge in [-0.1, -0.05) is 120 Å². The highest BCUT2D eigenvalue weighted by Crippen LogP contribution is 2.31. The molecule has 2 heteroatoms. The maximum Gasteiger partial charge on any atom is 0.0627 e. The van der Waals surface area contributed by atoms with E-state index in [1.54, 1.807) is 0 Å². The van der Waals surface area contributed by atoms with E-state index in [0.717, 1.165) is 17.9 Å². The summed E-state index contributed by atoms with van der Waals surface area (Å²) >= 11 is 12.8. The minimum atomic E-state index is 0.714. The van der Waals surface area contributed by atoms with E-state index in [2.05, 4.69) is 19.9 Å². The predicted octanol–water partition coefficient (Wildman–Crippen LogP) is 9.58. The third-order valence-electron chi connectivity index (χ3n) is 5.37. The Balaban J connectivity index is 2.28. The summed E-state index contributed by atoms with van der Waals surface area (Å²) in [6.07, 6.45) is 21.1. The van der Waals surface area contributed by atoms with Crippen molar-refractivity contribution in [2.24, 2.45) is 0 Å². The number of benzene rings is 1. The monoisotopic (exact) mass is 398 g/mol. The average Bonchev–Trinajstić information content (AvgIpc) is 2.64. The molecule has 0 aliphatic heterocycles. The SMILES string of the molecule is CCCCCCCCCCCCc1c(CCCCCC)ccc(Cl)c1Cl. The van der Waals surface area contributed by atoms with E-state index in [0.29, 0.717) is 5.02 Å². The molecule has 0 unspecified atom stereocenters. The first kappa shape index (κ1) is 23.8. The summed E-state index contributed by atoms with van der Waals surface area (Å²) in [6.45, 7) is 4.54. The van der Waals surface area contributed by atoms with Crippen molar-refractivity contribution in [3.05, 3.63) is 33.3 Å². The molecule has 0 saturated carbocycles. The molecule has 0 aromatic heterocycles. The van der Waals surface area contributed by atoms with Crippen molar-refractivity contribution in [3.63, 3.8) is 0 Å². The number of hydrogen-bond donors (Lipinski definition) is 0. The van der Waals surface area contributed by atoms with Gasteiger partial charge in [-0.15, -0.1) is 0 Å². The van der Waals surface area contributed by atoms with E-state index in [9.17, 15) is 0 Å². The zero-order chi connectivity index (χ0) is 19.0. The van der Waals surface area contributed by atoms with Crippen LogP contribution in [0.15, 0.2) is 12.1 Å². The van der Waals surface area contributed by atoms with Crippen LogP contribution in [-0.4, -0.2) is 0 Å². The van der Waals surface area contributed by atoms with Crippen LogP contribution in [0.2, 0.25) is 10.0 Å². The Morgan fingerprint density at radius 3 is 1.62 bits per heavy atom. The van der Waals surface area contributed by atoms with Crippen LogP contribution in [0, 0.1) is 0 Å². The normalized spacial score (nSPS) is 11.2. The Bertz CT molecular complexity index is 468. The molecule has 0 radical (unpaired) electrons. The summed E-state index contributed by atoms with van der Waals surface area (Å²) in [7, 11) is 0. The molecule has 0 aliphatic carbocycles. The van der Waals surface area contributed by atoms with Gasteiger partial charge in [-0.05, 0) is 42.9 Å². The first-order chi connectivity index (χ1) is 12.7. The maximum atomic E-state index is 6.53. The molecule has 0 amide bonds. The number of halogens is 2. The van der Waals surface area contributed by atoms with E-state index in [1.807, 2.05) is 6.07 Å². The standard InChI is InChI=1S/C24H40Cl2/c1-3-5-7-9-10-11-12-13-14-16-18-22-21(17-15-8-6-4-2)19-20-23(25)24(22)26/h19-20H,3-18H2,1-2H3. The van der Waals surface area contributed by atoms with Gasteiger partial charge in [-0.25, -0.2) is 0 Å². The maximum absolute atomic E-state index is 6.53. The van der Waals surface area contributed by atoms with Crippen LogP contribution < -0.4 is 0 Å². The van der Waals surface area contributed by atoms with Crippen LogP contribution in [0.5, 0.6) is 0 Å². The van der Waals surface area contributed by atoms with Crippen molar-refractivity contribution in [2.45, 2.75) is 117 Å². The third-order valence-corrected chi connectivity index (χ3v) is 6.22. The van der Waals surface area contributed by atoms with Crippen molar-refractivity contribution in [3.8, 4) is 0 Å². The van der Waals surface area contributed by atoms with E-state index < -0.39 is 0 Å². The van der Waals surface area contributed by atoms with Gasteiger partial charge in [-0.2, -0.15) is 0 Å². The largest absolute Gasteiger partial charge is 0.0827 e. The lowest BCUT2D eigenvalue weighted by atomic mass is 9.96. The molecule has 0 spiro atoms. The molecule has 1 aromatic carbocycles. The van der Waals surface area contributed by atoms with Crippen molar-refractivity contribution >= 4 is 23.2 Å². The molecular weight excluding hydrogens is 359 g/mol. The molecule has 26 heavy (non-hydrogen) atoms. The molecular formula is C24H40Cl2. The molecule has 1 aromatic rings. The summed E-state index contributed by atoms with van der Waals surface area (Å²) in [5.74, 6) is 0. The van der Waals surface area contributed by atoms with Gasteiger partial charge in [0, 0.05) is 0 Å². The Kier molecular flexibility index (Phi) is 14.5. The summed E-state index contributed by atoms with van der Waals surface area (Å²) < 4.78 is 0. The van der Waals surface area contributed by atoms with E-state index in [1.165, 1.54) is 101 Å². The second kappa shape index (κ2) is 15.8. The Hall–Kier alpha value is -0.200. The molecule has 1 rings (SSSR count). The van der Waals surface area contributed by atoms with Crippen LogP contribution in [0.4, 0.5) is 0 Å². The first-order valence-corrected chi connectivity index (χ1v) is 11.9. The second-order valence-corrected chi connectivity index (χ2v) is 8.53. The molecule has 0 saturated heterocycles. The molecule has 0 atom stereocenters. The highest BCUT2D eigenvalue weighted by molar-refractivity contribution is 6.42. The van der Waals surface area contributed by atoms with E-state index in [-0.39, 0.29) is 0 Å². The smallest absolute Gasteiger partial charge is 0.0627 e. The minimum Gasteiger partial charge on any atom is -0.0827 e. The van der Waals surface area contributed by atoms with Gasteiger partial charge in [0.1, 0.15) is 0 Å². The lowest BCUT2D eigenvalue weighted by Crippen LogP contribution is -1.97. The van der Waals surface area contributed by atoms with Crippen LogP contribution in [0.25, 0.3) is 0 Å². The summed E-state index contributed by atoms with van der Waals surface area (Å²) in [4.78, 5) is 0. The van der Waals surface area contributed by atoms with Gasteiger partial charge >= 0.3 is 0 Å². The lowest BCUT2D eigenvalue weighted by Gasteiger charge is -2.13. The fourth-order valence-electron chi connectivity index (χ4n) is 3.67. The summed E-state index contributed by atoms with van der Waals surface area (Å²) in [5.41, 5.74) is 2.74. The average molecular weight is 399 g/mol. The quantitative estimate of drug-likeness (QED) is 0.243. The second-order valence-electron chi connectivity index (χ2n) is 7.74. The molecule has 0 N–H and O–H groups in total. The van der Waals surface area contributed by atoms with E-state index >= 15 is 0 Å². The molecule has 0 fully saturated rings. The fourth-order valence-corrected chi connectivity index (χ4v) is 4.12. The van der Waals surface area contributed by atoms with Crippen molar-refractivity contribution in [2.75, 3.05) is 0 Å². The predicted molar refractivity (Wildman–Crippen MR) is 120 cm³/mol. The molecule has 0 aliphatic rings.